The molecule has 1 heterocycles. The quantitative estimate of drug-likeness (QED) is 0.877. The fourth-order valence-electron chi connectivity index (χ4n) is 2.88. The molecule has 0 aromatic heterocycles. The minimum atomic E-state index is -3.60. The Labute approximate surface area is 148 Å². The highest BCUT2D eigenvalue weighted by atomic mass is 32.2. The van der Waals surface area contributed by atoms with Crippen molar-refractivity contribution >= 4 is 15.5 Å². The molecule has 7 heteroatoms. The maximum atomic E-state index is 13.0. The highest BCUT2D eigenvalue weighted by molar-refractivity contribution is 7.91. The summed E-state index contributed by atoms with van der Waals surface area (Å²) < 4.78 is 36.4. The first-order chi connectivity index (χ1) is 12.1. The third-order valence-electron chi connectivity index (χ3n) is 4.29. The Bertz CT molecular complexity index is 829. The van der Waals surface area contributed by atoms with Crippen molar-refractivity contribution in [1.82, 2.24) is 5.32 Å². The Hall–Kier alpha value is -2.25. The van der Waals surface area contributed by atoms with Crippen molar-refractivity contribution in [2.45, 2.75) is 9.79 Å². The summed E-state index contributed by atoms with van der Waals surface area (Å²) in [5.41, 5.74) is 0.804. The molecule has 1 aliphatic rings. The Kier molecular flexibility index (Phi) is 5.15. The van der Waals surface area contributed by atoms with Crippen molar-refractivity contribution in [2.75, 3.05) is 45.3 Å². The summed E-state index contributed by atoms with van der Waals surface area (Å²) in [5.74, 6) is 1.30. The van der Waals surface area contributed by atoms with E-state index in [0.29, 0.717) is 11.5 Å². The van der Waals surface area contributed by atoms with Crippen LogP contribution in [0.2, 0.25) is 0 Å². The number of hydrogen-bond acceptors (Lipinski definition) is 6. The van der Waals surface area contributed by atoms with Crippen LogP contribution in [-0.2, 0) is 9.84 Å². The highest BCUT2D eigenvalue weighted by Crippen LogP contribution is 2.33. The van der Waals surface area contributed by atoms with E-state index < -0.39 is 9.84 Å². The molecule has 0 amide bonds. The van der Waals surface area contributed by atoms with Gasteiger partial charge in [0.15, 0.2) is 0 Å². The number of sulfone groups is 1. The van der Waals surface area contributed by atoms with Gasteiger partial charge in [0.2, 0.25) is 9.84 Å². The lowest BCUT2D eigenvalue weighted by molar-refractivity contribution is 0.412. The second kappa shape index (κ2) is 7.33. The lowest BCUT2D eigenvalue weighted by Gasteiger charge is -2.30. The average molecular weight is 362 g/mol. The molecule has 0 unspecified atom stereocenters. The monoisotopic (exact) mass is 362 g/mol. The predicted octanol–water partition coefficient (Wildman–Crippen LogP) is 1.95. The number of nitrogens with zero attached hydrogens (tertiary/aromatic N) is 1. The molecule has 2 aromatic carbocycles. The van der Waals surface area contributed by atoms with Crippen molar-refractivity contribution in [3.8, 4) is 11.5 Å². The predicted molar refractivity (Wildman–Crippen MR) is 96.5 cm³/mol. The van der Waals surface area contributed by atoms with E-state index in [4.69, 9.17) is 9.47 Å². The van der Waals surface area contributed by atoms with Gasteiger partial charge >= 0.3 is 0 Å². The Morgan fingerprint density at radius 3 is 2.16 bits per heavy atom. The number of nitrogens with one attached hydrogen (secondary N) is 1. The molecule has 0 bridgehead atoms. The topological polar surface area (TPSA) is 67.9 Å². The van der Waals surface area contributed by atoms with Crippen LogP contribution in [0.4, 0.5) is 5.69 Å². The fourth-order valence-corrected chi connectivity index (χ4v) is 4.16. The summed E-state index contributed by atoms with van der Waals surface area (Å²) in [6, 6.07) is 11.4. The first kappa shape index (κ1) is 17.6. The van der Waals surface area contributed by atoms with Gasteiger partial charge in [-0.3, -0.25) is 0 Å². The molecule has 134 valence electrons. The van der Waals surface area contributed by atoms with E-state index in [2.05, 4.69) is 10.2 Å². The summed E-state index contributed by atoms with van der Waals surface area (Å²) in [5, 5.41) is 3.29. The van der Waals surface area contributed by atoms with Gasteiger partial charge in [0, 0.05) is 26.2 Å². The van der Waals surface area contributed by atoms with Gasteiger partial charge in [-0.15, -0.1) is 0 Å². The van der Waals surface area contributed by atoms with Crippen LogP contribution in [0.25, 0.3) is 0 Å². The van der Waals surface area contributed by atoms with Gasteiger partial charge in [-0.2, -0.15) is 0 Å². The second-order valence-electron chi connectivity index (χ2n) is 5.75. The van der Waals surface area contributed by atoms with Crippen LogP contribution < -0.4 is 19.7 Å². The standard InChI is InChI=1S/C18H22N2O4S/c1-23-14-3-5-15(6-4-14)25(21,22)16-7-8-18(24-2)17(13-16)20-11-9-19-10-12-20/h3-8,13,19H,9-12H2,1-2H3. The van der Waals surface area contributed by atoms with Crippen molar-refractivity contribution in [3.05, 3.63) is 42.5 Å². The lowest BCUT2D eigenvalue weighted by Crippen LogP contribution is -2.43. The van der Waals surface area contributed by atoms with Gasteiger partial charge in [0.05, 0.1) is 29.7 Å². The molecule has 1 saturated heterocycles. The van der Waals surface area contributed by atoms with Gasteiger partial charge in [-0.25, -0.2) is 8.42 Å². The van der Waals surface area contributed by atoms with Crippen LogP contribution in [0.1, 0.15) is 0 Å². The van der Waals surface area contributed by atoms with Crippen molar-refractivity contribution in [3.63, 3.8) is 0 Å². The molecule has 2 aromatic rings. The number of piperazine rings is 1. The zero-order chi connectivity index (χ0) is 17.9. The molecule has 1 fully saturated rings. The number of methoxy groups -OCH3 is 2. The molecule has 25 heavy (non-hydrogen) atoms. The zero-order valence-electron chi connectivity index (χ0n) is 14.4. The molecule has 0 spiro atoms. The van der Waals surface area contributed by atoms with E-state index in [-0.39, 0.29) is 9.79 Å². The molecule has 3 rings (SSSR count). The summed E-state index contributed by atoms with van der Waals surface area (Å²) in [6.07, 6.45) is 0. The Balaban J connectivity index is 2.00. The van der Waals surface area contributed by atoms with Gasteiger partial charge in [0.1, 0.15) is 11.5 Å². The number of benzene rings is 2. The van der Waals surface area contributed by atoms with E-state index in [1.165, 1.54) is 0 Å². The van der Waals surface area contributed by atoms with E-state index >= 15 is 0 Å². The maximum Gasteiger partial charge on any atom is 0.206 e. The van der Waals surface area contributed by atoms with Gasteiger partial charge in [0.25, 0.3) is 0 Å². The van der Waals surface area contributed by atoms with Crippen LogP contribution in [0.15, 0.2) is 52.3 Å². The third kappa shape index (κ3) is 3.57. The summed E-state index contributed by atoms with van der Waals surface area (Å²) in [4.78, 5) is 2.64. The summed E-state index contributed by atoms with van der Waals surface area (Å²) in [6.45, 7) is 3.34. The molecule has 6 nitrogen and oxygen atoms in total. The number of hydrogen-bond donors (Lipinski definition) is 1. The van der Waals surface area contributed by atoms with E-state index in [0.717, 1.165) is 31.9 Å². The molecular weight excluding hydrogens is 340 g/mol. The van der Waals surface area contributed by atoms with Crippen molar-refractivity contribution < 1.29 is 17.9 Å². The van der Waals surface area contributed by atoms with Gasteiger partial charge in [-0.05, 0) is 42.5 Å². The molecule has 1 aliphatic heterocycles. The summed E-state index contributed by atoms with van der Waals surface area (Å²) in [7, 11) is -0.459. The zero-order valence-corrected chi connectivity index (χ0v) is 15.2. The smallest absolute Gasteiger partial charge is 0.206 e. The Morgan fingerprint density at radius 2 is 1.56 bits per heavy atom. The Morgan fingerprint density at radius 1 is 0.920 bits per heavy atom. The van der Waals surface area contributed by atoms with E-state index in [9.17, 15) is 8.42 Å². The van der Waals surface area contributed by atoms with Crippen LogP contribution in [0.5, 0.6) is 11.5 Å². The first-order valence-corrected chi connectivity index (χ1v) is 9.57. The van der Waals surface area contributed by atoms with Crippen LogP contribution >= 0.6 is 0 Å². The van der Waals surface area contributed by atoms with E-state index in [1.54, 1.807) is 56.7 Å². The second-order valence-corrected chi connectivity index (χ2v) is 7.70. The number of ether oxygens (including phenoxy) is 2. The minimum absolute atomic E-state index is 0.240. The van der Waals surface area contributed by atoms with Crippen LogP contribution in [0, 0.1) is 0 Å². The minimum Gasteiger partial charge on any atom is -0.497 e. The van der Waals surface area contributed by atoms with Gasteiger partial charge in [-0.1, -0.05) is 0 Å². The highest BCUT2D eigenvalue weighted by Gasteiger charge is 2.22. The molecule has 0 radical (unpaired) electrons. The SMILES string of the molecule is COc1ccc(S(=O)(=O)c2ccc(OC)c(N3CCNCC3)c2)cc1. The molecular formula is C18H22N2O4S. The lowest BCUT2D eigenvalue weighted by atomic mass is 10.2. The largest absolute Gasteiger partial charge is 0.497 e. The van der Waals surface area contributed by atoms with E-state index in [1.807, 2.05) is 0 Å². The normalized spacial score (nSPS) is 15.0. The van der Waals surface area contributed by atoms with Crippen molar-refractivity contribution in [2.24, 2.45) is 0 Å². The first-order valence-electron chi connectivity index (χ1n) is 8.09. The van der Waals surface area contributed by atoms with Crippen LogP contribution in [0.3, 0.4) is 0 Å². The number of anilines is 1. The summed E-state index contributed by atoms with van der Waals surface area (Å²) >= 11 is 0. The molecule has 1 N–H and O–H groups in total. The molecule has 0 aliphatic carbocycles. The van der Waals surface area contributed by atoms with Crippen molar-refractivity contribution in [1.29, 1.82) is 0 Å². The number of rotatable bonds is 5. The average Bonchev–Trinajstić information content (AvgIpc) is 2.68. The van der Waals surface area contributed by atoms with Gasteiger partial charge < -0.3 is 19.7 Å². The maximum absolute atomic E-state index is 13.0. The van der Waals surface area contributed by atoms with Crippen LogP contribution in [-0.4, -0.2) is 48.8 Å². The molecule has 0 atom stereocenters. The molecule has 0 saturated carbocycles. The third-order valence-corrected chi connectivity index (χ3v) is 6.06. The fraction of sp³-hybridized carbons (Fsp3) is 0.333.